The summed E-state index contributed by atoms with van der Waals surface area (Å²) in [6.07, 6.45) is 1.05. The number of pyridine rings is 1. The SMILES string of the molecule is Nc1cccc(CCC2C(=O)c3ccccc3C2=O)n1. The average molecular weight is 266 g/mol. The molecule has 1 aromatic carbocycles. The number of benzene rings is 1. The van der Waals surface area contributed by atoms with Gasteiger partial charge in [-0.05, 0) is 25.0 Å². The summed E-state index contributed by atoms with van der Waals surface area (Å²) in [5.74, 6) is -0.269. The third-order valence-electron chi connectivity index (χ3n) is 3.61. The second-order valence-electron chi connectivity index (χ2n) is 4.92. The molecule has 0 saturated heterocycles. The summed E-state index contributed by atoms with van der Waals surface area (Å²) in [5.41, 5.74) is 7.52. The van der Waals surface area contributed by atoms with Crippen LogP contribution in [-0.2, 0) is 6.42 Å². The average Bonchev–Trinajstić information content (AvgIpc) is 2.70. The van der Waals surface area contributed by atoms with Crippen LogP contribution in [0, 0.1) is 5.92 Å². The third-order valence-corrected chi connectivity index (χ3v) is 3.61. The molecule has 2 aromatic rings. The first-order chi connectivity index (χ1) is 9.66. The van der Waals surface area contributed by atoms with Crippen LogP contribution in [0.15, 0.2) is 42.5 Å². The number of Topliss-reactive ketones (excluding diaryl/α,β-unsaturated/α-hetero) is 2. The topological polar surface area (TPSA) is 73.1 Å². The van der Waals surface area contributed by atoms with E-state index in [-0.39, 0.29) is 11.6 Å². The number of rotatable bonds is 3. The van der Waals surface area contributed by atoms with Gasteiger partial charge in [0.2, 0.25) is 0 Å². The minimum atomic E-state index is -0.573. The summed E-state index contributed by atoms with van der Waals surface area (Å²) < 4.78 is 0. The lowest BCUT2D eigenvalue weighted by Gasteiger charge is -2.06. The van der Waals surface area contributed by atoms with Gasteiger partial charge in [0.25, 0.3) is 0 Å². The molecular formula is C16H14N2O2. The first kappa shape index (κ1) is 12.5. The van der Waals surface area contributed by atoms with Gasteiger partial charge in [0.05, 0.1) is 5.92 Å². The number of fused-ring (bicyclic) bond motifs is 1. The molecule has 0 radical (unpaired) electrons. The number of hydrogen-bond acceptors (Lipinski definition) is 4. The molecule has 20 heavy (non-hydrogen) atoms. The lowest BCUT2D eigenvalue weighted by Crippen LogP contribution is -2.16. The van der Waals surface area contributed by atoms with Crippen molar-refractivity contribution in [2.24, 2.45) is 5.92 Å². The van der Waals surface area contributed by atoms with Crippen molar-refractivity contribution in [2.45, 2.75) is 12.8 Å². The zero-order chi connectivity index (χ0) is 14.1. The Morgan fingerprint density at radius 1 is 0.950 bits per heavy atom. The molecule has 1 aliphatic rings. The molecule has 2 N–H and O–H groups in total. The molecule has 4 heteroatoms. The van der Waals surface area contributed by atoms with Crippen molar-refractivity contribution in [3.8, 4) is 0 Å². The van der Waals surface area contributed by atoms with Crippen LogP contribution in [-0.4, -0.2) is 16.6 Å². The zero-order valence-corrected chi connectivity index (χ0v) is 10.9. The van der Waals surface area contributed by atoms with Crippen molar-refractivity contribution >= 4 is 17.4 Å². The van der Waals surface area contributed by atoms with Crippen LogP contribution in [0.3, 0.4) is 0 Å². The first-order valence-corrected chi connectivity index (χ1v) is 6.55. The summed E-state index contributed by atoms with van der Waals surface area (Å²) >= 11 is 0. The molecule has 1 aromatic heterocycles. The quantitative estimate of drug-likeness (QED) is 0.865. The minimum absolute atomic E-state index is 0.0745. The van der Waals surface area contributed by atoms with Crippen LogP contribution in [0.1, 0.15) is 32.8 Å². The number of ketones is 2. The Morgan fingerprint density at radius 2 is 1.60 bits per heavy atom. The van der Waals surface area contributed by atoms with Gasteiger partial charge in [0.1, 0.15) is 5.82 Å². The Morgan fingerprint density at radius 3 is 2.20 bits per heavy atom. The molecule has 0 bridgehead atoms. The van der Waals surface area contributed by atoms with E-state index >= 15 is 0 Å². The van der Waals surface area contributed by atoms with Gasteiger partial charge in [-0.15, -0.1) is 0 Å². The molecule has 100 valence electrons. The summed E-state index contributed by atoms with van der Waals surface area (Å²) in [6, 6.07) is 12.4. The van der Waals surface area contributed by atoms with Crippen LogP contribution >= 0.6 is 0 Å². The van der Waals surface area contributed by atoms with Crippen molar-refractivity contribution in [1.82, 2.24) is 4.98 Å². The third kappa shape index (κ3) is 2.09. The fourth-order valence-electron chi connectivity index (χ4n) is 2.60. The molecule has 0 amide bonds. The minimum Gasteiger partial charge on any atom is -0.384 e. The smallest absolute Gasteiger partial charge is 0.174 e. The summed E-state index contributed by atoms with van der Waals surface area (Å²) in [6.45, 7) is 0. The van der Waals surface area contributed by atoms with Crippen LogP contribution in [0.2, 0.25) is 0 Å². The number of aromatic nitrogens is 1. The maximum absolute atomic E-state index is 12.2. The Balaban J connectivity index is 1.77. The van der Waals surface area contributed by atoms with Crippen LogP contribution in [0.25, 0.3) is 0 Å². The number of nitrogen functional groups attached to an aromatic ring is 1. The van der Waals surface area contributed by atoms with Crippen LogP contribution in [0.4, 0.5) is 5.82 Å². The number of carbonyl (C=O) groups is 2. The number of nitrogens with zero attached hydrogens (tertiary/aromatic N) is 1. The summed E-state index contributed by atoms with van der Waals surface area (Å²) in [4.78, 5) is 28.6. The van der Waals surface area contributed by atoms with E-state index < -0.39 is 5.92 Å². The van der Waals surface area contributed by atoms with E-state index in [9.17, 15) is 9.59 Å². The van der Waals surface area contributed by atoms with E-state index in [4.69, 9.17) is 5.73 Å². The largest absolute Gasteiger partial charge is 0.384 e. The second kappa shape index (κ2) is 4.89. The molecule has 0 spiro atoms. The van der Waals surface area contributed by atoms with E-state index in [1.807, 2.05) is 12.1 Å². The molecule has 0 saturated carbocycles. The first-order valence-electron chi connectivity index (χ1n) is 6.55. The summed E-state index contributed by atoms with van der Waals surface area (Å²) in [5, 5.41) is 0. The number of carbonyl (C=O) groups excluding carboxylic acids is 2. The van der Waals surface area contributed by atoms with E-state index in [0.29, 0.717) is 29.8 Å². The molecule has 0 fully saturated rings. The van der Waals surface area contributed by atoms with E-state index in [1.54, 1.807) is 30.3 Å². The number of anilines is 1. The van der Waals surface area contributed by atoms with Gasteiger partial charge in [0.15, 0.2) is 11.6 Å². The van der Waals surface area contributed by atoms with Crippen molar-refractivity contribution < 1.29 is 9.59 Å². The Bertz CT molecular complexity index is 659. The van der Waals surface area contributed by atoms with Gasteiger partial charge in [0, 0.05) is 16.8 Å². The van der Waals surface area contributed by atoms with Gasteiger partial charge < -0.3 is 5.73 Å². The molecule has 4 nitrogen and oxygen atoms in total. The maximum Gasteiger partial charge on any atom is 0.174 e. The number of hydrogen-bond donors (Lipinski definition) is 1. The summed E-state index contributed by atoms with van der Waals surface area (Å²) in [7, 11) is 0. The second-order valence-corrected chi connectivity index (χ2v) is 4.92. The monoisotopic (exact) mass is 266 g/mol. The molecule has 3 rings (SSSR count). The predicted octanol–water partition coefficient (Wildman–Crippen LogP) is 2.29. The lowest BCUT2D eigenvalue weighted by atomic mass is 9.97. The molecule has 0 aliphatic heterocycles. The van der Waals surface area contributed by atoms with Gasteiger partial charge >= 0.3 is 0 Å². The van der Waals surface area contributed by atoms with Gasteiger partial charge in [-0.2, -0.15) is 0 Å². The van der Waals surface area contributed by atoms with E-state index in [2.05, 4.69) is 4.98 Å². The Hall–Kier alpha value is -2.49. The fraction of sp³-hybridized carbons (Fsp3) is 0.188. The predicted molar refractivity (Wildman–Crippen MR) is 75.6 cm³/mol. The van der Waals surface area contributed by atoms with Crippen molar-refractivity contribution in [1.29, 1.82) is 0 Å². The van der Waals surface area contributed by atoms with Crippen molar-refractivity contribution in [2.75, 3.05) is 5.73 Å². The Labute approximate surface area is 116 Å². The highest BCUT2D eigenvalue weighted by Gasteiger charge is 2.37. The number of nitrogens with two attached hydrogens (primary N) is 1. The van der Waals surface area contributed by atoms with Crippen molar-refractivity contribution in [3.05, 3.63) is 59.3 Å². The molecule has 0 unspecified atom stereocenters. The highest BCUT2D eigenvalue weighted by molar-refractivity contribution is 6.26. The van der Waals surface area contributed by atoms with Gasteiger partial charge in [-0.3, -0.25) is 9.59 Å². The van der Waals surface area contributed by atoms with Crippen LogP contribution in [0.5, 0.6) is 0 Å². The normalized spacial score (nSPS) is 14.6. The maximum atomic E-state index is 12.2. The van der Waals surface area contributed by atoms with Crippen molar-refractivity contribution in [3.63, 3.8) is 0 Å². The van der Waals surface area contributed by atoms with E-state index in [1.165, 1.54) is 0 Å². The molecule has 0 atom stereocenters. The Kier molecular flexibility index (Phi) is 3.06. The fourth-order valence-corrected chi connectivity index (χ4v) is 2.60. The van der Waals surface area contributed by atoms with E-state index in [0.717, 1.165) is 5.69 Å². The van der Waals surface area contributed by atoms with Gasteiger partial charge in [-0.1, -0.05) is 30.3 Å². The lowest BCUT2D eigenvalue weighted by molar-refractivity contribution is 0.0831. The molecule has 1 aliphatic carbocycles. The highest BCUT2D eigenvalue weighted by Crippen LogP contribution is 2.29. The standard InChI is InChI=1S/C16H14N2O2/c17-14-7-3-4-10(18-14)8-9-13-15(19)11-5-1-2-6-12(11)16(13)20/h1-7,13H,8-9H2,(H2,17,18). The molecular weight excluding hydrogens is 252 g/mol. The molecule has 1 heterocycles. The van der Waals surface area contributed by atoms with Crippen LogP contribution < -0.4 is 5.73 Å². The number of aryl methyl sites for hydroxylation is 1. The highest BCUT2D eigenvalue weighted by atomic mass is 16.2. The van der Waals surface area contributed by atoms with Gasteiger partial charge in [-0.25, -0.2) is 4.98 Å². The zero-order valence-electron chi connectivity index (χ0n) is 10.9.